The normalized spacial score (nSPS) is 34.4. The molecule has 0 spiro atoms. The van der Waals surface area contributed by atoms with Crippen molar-refractivity contribution in [3.8, 4) is 0 Å². The summed E-state index contributed by atoms with van der Waals surface area (Å²) < 4.78 is 17.0. The summed E-state index contributed by atoms with van der Waals surface area (Å²) in [5.74, 6) is -0.0878. The molecule has 0 radical (unpaired) electrons. The van der Waals surface area contributed by atoms with Crippen LogP contribution in [0.1, 0.15) is 12.5 Å². The standard InChI is InChI=1S/C20H22Cl4O5/c1-20(24)7-14(22)5-3-12(20)9-27-10-16-18(17(25)19(26)29-16)28-8-11-2-4-13(21)6-15(11)23/h2-7,12,16-19,25-26H,8-10H2,1H3/t12?,16-,17-,18-,19?,20?/m1/s1. The number of alkyl halides is 1. The molecule has 1 aliphatic carbocycles. The van der Waals surface area contributed by atoms with Crippen LogP contribution in [0.5, 0.6) is 0 Å². The Hall–Kier alpha value is -0.340. The van der Waals surface area contributed by atoms with Crippen molar-refractivity contribution < 1.29 is 24.4 Å². The zero-order valence-electron chi connectivity index (χ0n) is 15.6. The minimum Gasteiger partial charge on any atom is -0.385 e. The van der Waals surface area contributed by atoms with Gasteiger partial charge in [0.2, 0.25) is 0 Å². The van der Waals surface area contributed by atoms with Gasteiger partial charge in [0.15, 0.2) is 6.29 Å². The molecule has 5 nitrogen and oxygen atoms in total. The fraction of sp³-hybridized carbons (Fsp3) is 0.500. The van der Waals surface area contributed by atoms with E-state index < -0.39 is 29.5 Å². The third kappa shape index (κ3) is 5.88. The van der Waals surface area contributed by atoms with Gasteiger partial charge in [0.1, 0.15) is 18.3 Å². The Morgan fingerprint density at radius 2 is 1.93 bits per heavy atom. The number of halogens is 4. The fourth-order valence-electron chi connectivity index (χ4n) is 3.23. The molecule has 1 heterocycles. The third-order valence-electron chi connectivity index (χ3n) is 4.97. The summed E-state index contributed by atoms with van der Waals surface area (Å²) >= 11 is 24.6. The molecule has 3 rings (SSSR count). The molecule has 0 saturated carbocycles. The van der Waals surface area contributed by atoms with Gasteiger partial charge in [-0.05, 0) is 36.8 Å². The number of benzene rings is 1. The summed E-state index contributed by atoms with van der Waals surface area (Å²) in [5, 5.41) is 21.7. The maximum absolute atomic E-state index is 10.2. The second-order valence-corrected chi connectivity index (χ2v) is 9.35. The first kappa shape index (κ1) is 23.3. The summed E-state index contributed by atoms with van der Waals surface area (Å²) in [4.78, 5) is -0.664. The summed E-state index contributed by atoms with van der Waals surface area (Å²) in [7, 11) is 0. The van der Waals surface area contributed by atoms with E-state index in [1.807, 2.05) is 13.0 Å². The maximum Gasteiger partial charge on any atom is 0.184 e. The zero-order chi connectivity index (χ0) is 21.2. The number of aliphatic hydroxyl groups excluding tert-OH is 2. The van der Waals surface area contributed by atoms with Crippen molar-refractivity contribution in [2.24, 2.45) is 5.92 Å². The molecule has 2 N–H and O–H groups in total. The SMILES string of the molecule is CC1(Cl)C=C(Cl)C=CC1COC[C@H]1OC(O)[C@H](O)[C@@H]1OCc1ccc(Cl)cc1Cl. The topological polar surface area (TPSA) is 68.2 Å². The van der Waals surface area contributed by atoms with Crippen LogP contribution in [0, 0.1) is 5.92 Å². The van der Waals surface area contributed by atoms with Gasteiger partial charge in [0.05, 0.1) is 24.7 Å². The van der Waals surface area contributed by atoms with E-state index in [2.05, 4.69) is 0 Å². The first-order valence-corrected chi connectivity index (χ1v) is 10.6. The lowest BCUT2D eigenvalue weighted by atomic mass is 9.90. The molecule has 0 amide bonds. The van der Waals surface area contributed by atoms with Crippen molar-refractivity contribution in [1.29, 1.82) is 0 Å². The summed E-state index contributed by atoms with van der Waals surface area (Å²) in [5.41, 5.74) is 0.707. The minimum atomic E-state index is -1.36. The molecule has 1 saturated heterocycles. The first-order chi connectivity index (χ1) is 13.7. The van der Waals surface area contributed by atoms with Gasteiger partial charge in [-0.2, -0.15) is 0 Å². The Morgan fingerprint density at radius 3 is 2.62 bits per heavy atom. The molecule has 1 aromatic carbocycles. The van der Waals surface area contributed by atoms with E-state index in [4.69, 9.17) is 60.6 Å². The van der Waals surface area contributed by atoms with Crippen LogP contribution in [-0.4, -0.2) is 52.9 Å². The Balaban J connectivity index is 1.55. The highest BCUT2D eigenvalue weighted by Crippen LogP contribution is 2.35. The second kappa shape index (κ2) is 9.86. The van der Waals surface area contributed by atoms with E-state index in [1.54, 1.807) is 30.4 Å². The maximum atomic E-state index is 10.2. The molecule has 29 heavy (non-hydrogen) atoms. The Kier molecular flexibility index (Phi) is 7.93. The Morgan fingerprint density at radius 1 is 1.17 bits per heavy atom. The summed E-state index contributed by atoms with van der Waals surface area (Å²) in [6.07, 6.45) is 1.44. The first-order valence-electron chi connectivity index (χ1n) is 9.07. The molecule has 9 heteroatoms. The number of hydrogen-bond donors (Lipinski definition) is 2. The summed E-state index contributed by atoms with van der Waals surface area (Å²) in [6, 6.07) is 5.05. The van der Waals surface area contributed by atoms with Gasteiger partial charge in [-0.1, -0.05) is 46.9 Å². The molecule has 160 valence electrons. The quantitative estimate of drug-likeness (QED) is 0.566. The molecule has 1 aromatic rings. The lowest BCUT2D eigenvalue weighted by molar-refractivity contribution is -0.137. The van der Waals surface area contributed by atoms with Crippen LogP contribution in [0.4, 0.5) is 0 Å². The van der Waals surface area contributed by atoms with Crippen LogP contribution >= 0.6 is 46.4 Å². The average Bonchev–Trinajstić information content (AvgIpc) is 2.89. The van der Waals surface area contributed by atoms with Crippen molar-refractivity contribution in [2.45, 2.75) is 43.0 Å². The number of allylic oxidation sites excluding steroid dienone is 3. The van der Waals surface area contributed by atoms with Gasteiger partial charge in [0, 0.05) is 21.0 Å². The molecule has 0 bridgehead atoms. The minimum absolute atomic E-state index is 0.0878. The predicted molar refractivity (Wildman–Crippen MR) is 114 cm³/mol. The van der Waals surface area contributed by atoms with Gasteiger partial charge >= 0.3 is 0 Å². The molecule has 2 aliphatic rings. The molecule has 0 aromatic heterocycles. The lowest BCUT2D eigenvalue weighted by Gasteiger charge is -2.30. The van der Waals surface area contributed by atoms with E-state index in [1.165, 1.54) is 0 Å². The van der Waals surface area contributed by atoms with Crippen molar-refractivity contribution in [3.63, 3.8) is 0 Å². The Bertz CT molecular complexity index is 782. The van der Waals surface area contributed by atoms with E-state index >= 15 is 0 Å². The van der Waals surface area contributed by atoms with Crippen LogP contribution in [-0.2, 0) is 20.8 Å². The third-order valence-corrected chi connectivity index (χ3v) is 6.18. The fourth-order valence-corrected chi connectivity index (χ4v) is 4.31. The highest BCUT2D eigenvalue weighted by Gasteiger charge is 2.44. The lowest BCUT2D eigenvalue weighted by Crippen LogP contribution is -2.38. The number of rotatable bonds is 7. The van der Waals surface area contributed by atoms with E-state index in [9.17, 15) is 10.2 Å². The van der Waals surface area contributed by atoms with E-state index in [-0.39, 0.29) is 19.1 Å². The van der Waals surface area contributed by atoms with Gasteiger partial charge < -0.3 is 24.4 Å². The molecular formula is C20H22Cl4O5. The van der Waals surface area contributed by atoms with Crippen molar-refractivity contribution >= 4 is 46.4 Å². The van der Waals surface area contributed by atoms with Gasteiger partial charge in [-0.3, -0.25) is 0 Å². The second-order valence-electron chi connectivity index (χ2n) is 7.25. The van der Waals surface area contributed by atoms with Crippen molar-refractivity contribution in [2.75, 3.05) is 13.2 Å². The monoisotopic (exact) mass is 482 g/mol. The molecule has 1 fully saturated rings. The highest BCUT2D eigenvalue weighted by molar-refractivity contribution is 6.35. The van der Waals surface area contributed by atoms with Gasteiger partial charge in [-0.15, -0.1) is 11.6 Å². The van der Waals surface area contributed by atoms with Gasteiger partial charge in [0.25, 0.3) is 0 Å². The van der Waals surface area contributed by atoms with Crippen LogP contribution < -0.4 is 0 Å². The molecule has 1 aliphatic heterocycles. The number of ether oxygens (including phenoxy) is 3. The predicted octanol–water partition coefficient (Wildman–Crippen LogP) is 4.28. The average molecular weight is 484 g/mol. The van der Waals surface area contributed by atoms with Crippen LogP contribution in [0.25, 0.3) is 0 Å². The van der Waals surface area contributed by atoms with Crippen LogP contribution in [0.3, 0.4) is 0 Å². The molecular weight excluding hydrogens is 462 g/mol. The van der Waals surface area contributed by atoms with E-state index in [0.717, 1.165) is 0 Å². The van der Waals surface area contributed by atoms with Gasteiger partial charge in [-0.25, -0.2) is 0 Å². The number of hydrogen-bond acceptors (Lipinski definition) is 5. The van der Waals surface area contributed by atoms with Crippen molar-refractivity contribution in [1.82, 2.24) is 0 Å². The van der Waals surface area contributed by atoms with E-state index in [0.29, 0.717) is 27.2 Å². The van der Waals surface area contributed by atoms with Crippen LogP contribution in [0.2, 0.25) is 10.0 Å². The molecule has 6 atom stereocenters. The zero-order valence-corrected chi connectivity index (χ0v) is 18.6. The highest BCUT2D eigenvalue weighted by atomic mass is 35.5. The van der Waals surface area contributed by atoms with Crippen molar-refractivity contribution in [3.05, 3.63) is 57.1 Å². The largest absolute Gasteiger partial charge is 0.385 e. The number of aliphatic hydroxyl groups is 2. The molecule has 3 unspecified atom stereocenters. The van der Waals surface area contributed by atoms with Crippen LogP contribution in [0.15, 0.2) is 41.5 Å². The Labute approximate surface area is 189 Å². The smallest absolute Gasteiger partial charge is 0.184 e. The summed E-state index contributed by atoms with van der Waals surface area (Å²) in [6.45, 7) is 2.41.